The van der Waals surface area contributed by atoms with Crippen LogP contribution in [0.3, 0.4) is 0 Å². The molecule has 1 atom stereocenters. The average molecular weight is 232 g/mol. The van der Waals surface area contributed by atoms with Crippen LogP contribution in [0, 0.1) is 19.8 Å². The minimum absolute atomic E-state index is 0.183. The van der Waals surface area contributed by atoms with Crippen LogP contribution >= 0.6 is 0 Å². The Bertz CT molecular complexity index is 379. The maximum absolute atomic E-state index is 6.43. The van der Waals surface area contributed by atoms with Gasteiger partial charge in [0.25, 0.3) is 0 Å². The number of aryl methyl sites for hydroxylation is 2. The fraction of sp³-hybridized carbons (Fsp3) is 0.600. The smallest absolute Gasteiger partial charge is 0.0326 e. The normalized spacial score (nSPS) is 26.8. The van der Waals surface area contributed by atoms with E-state index in [0.29, 0.717) is 12.0 Å². The van der Waals surface area contributed by atoms with Crippen molar-refractivity contribution in [3.05, 3.63) is 34.9 Å². The third-order valence-corrected chi connectivity index (χ3v) is 4.11. The fourth-order valence-corrected chi connectivity index (χ4v) is 2.96. The number of nitrogens with two attached hydrogens (primary N) is 2. The molecule has 0 heterocycles. The first kappa shape index (κ1) is 12.6. The quantitative estimate of drug-likeness (QED) is 0.824. The largest absolute Gasteiger partial charge is 0.328 e. The zero-order valence-electron chi connectivity index (χ0n) is 10.9. The van der Waals surface area contributed by atoms with Gasteiger partial charge in [-0.2, -0.15) is 0 Å². The molecule has 0 radical (unpaired) electrons. The second-order valence-corrected chi connectivity index (χ2v) is 5.56. The molecule has 1 fully saturated rings. The Morgan fingerprint density at radius 1 is 1.12 bits per heavy atom. The molecule has 2 rings (SSSR count). The van der Waals surface area contributed by atoms with Crippen molar-refractivity contribution in [1.82, 2.24) is 0 Å². The third kappa shape index (κ3) is 2.88. The third-order valence-electron chi connectivity index (χ3n) is 4.11. The summed E-state index contributed by atoms with van der Waals surface area (Å²) in [4.78, 5) is 0. The van der Waals surface area contributed by atoms with Crippen LogP contribution in [-0.2, 0) is 0 Å². The zero-order valence-corrected chi connectivity index (χ0v) is 10.9. The number of benzene rings is 1. The highest BCUT2D eigenvalue weighted by atomic mass is 14.7. The Morgan fingerprint density at radius 3 is 2.35 bits per heavy atom. The molecule has 4 N–H and O–H groups in total. The molecule has 0 aliphatic heterocycles. The highest BCUT2D eigenvalue weighted by Gasteiger charge is 2.25. The number of hydrogen-bond acceptors (Lipinski definition) is 2. The highest BCUT2D eigenvalue weighted by molar-refractivity contribution is 5.33. The molecule has 0 aromatic heterocycles. The average Bonchev–Trinajstić information content (AvgIpc) is 2.29. The van der Waals surface area contributed by atoms with E-state index in [4.69, 9.17) is 11.5 Å². The SMILES string of the molecule is Cc1ccc(C(N)C2CCC(N)CC2)c(C)c1. The Hall–Kier alpha value is -0.860. The summed E-state index contributed by atoms with van der Waals surface area (Å²) in [5.41, 5.74) is 16.3. The summed E-state index contributed by atoms with van der Waals surface area (Å²) in [5.74, 6) is 0.608. The lowest BCUT2D eigenvalue weighted by Crippen LogP contribution is -2.32. The van der Waals surface area contributed by atoms with Gasteiger partial charge in [0.1, 0.15) is 0 Å². The molecule has 0 amide bonds. The monoisotopic (exact) mass is 232 g/mol. The first-order chi connectivity index (χ1) is 8.08. The predicted octanol–water partition coefficient (Wildman–Crippen LogP) is 2.82. The Balaban J connectivity index is 2.11. The van der Waals surface area contributed by atoms with Crippen molar-refractivity contribution in [2.24, 2.45) is 17.4 Å². The van der Waals surface area contributed by atoms with Gasteiger partial charge in [-0.15, -0.1) is 0 Å². The van der Waals surface area contributed by atoms with E-state index in [9.17, 15) is 0 Å². The van der Waals surface area contributed by atoms with E-state index in [-0.39, 0.29) is 6.04 Å². The summed E-state index contributed by atoms with van der Waals surface area (Å²) in [6.45, 7) is 4.29. The van der Waals surface area contributed by atoms with Crippen molar-refractivity contribution in [2.75, 3.05) is 0 Å². The minimum atomic E-state index is 0.183. The van der Waals surface area contributed by atoms with Gasteiger partial charge in [-0.3, -0.25) is 0 Å². The van der Waals surface area contributed by atoms with Crippen molar-refractivity contribution >= 4 is 0 Å². The maximum Gasteiger partial charge on any atom is 0.0326 e. The van der Waals surface area contributed by atoms with Crippen LogP contribution in [0.2, 0.25) is 0 Å². The van der Waals surface area contributed by atoms with Crippen LogP contribution in [0.25, 0.3) is 0 Å². The Labute approximate surface area is 104 Å². The molecule has 1 saturated carbocycles. The summed E-state index contributed by atoms with van der Waals surface area (Å²) in [6.07, 6.45) is 4.61. The molecule has 1 aliphatic rings. The molecular formula is C15H24N2. The first-order valence-electron chi connectivity index (χ1n) is 6.66. The van der Waals surface area contributed by atoms with Gasteiger partial charge in [0.2, 0.25) is 0 Å². The molecule has 2 heteroatoms. The molecule has 2 nitrogen and oxygen atoms in total. The van der Waals surface area contributed by atoms with Gasteiger partial charge >= 0.3 is 0 Å². The van der Waals surface area contributed by atoms with E-state index < -0.39 is 0 Å². The summed E-state index contributed by atoms with van der Waals surface area (Å²) >= 11 is 0. The van der Waals surface area contributed by atoms with Gasteiger partial charge in [0.15, 0.2) is 0 Å². The van der Waals surface area contributed by atoms with Crippen LogP contribution in [0.5, 0.6) is 0 Å². The molecule has 0 saturated heterocycles. The summed E-state index contributed by atoms with van der Waals surface area (Å²) in [5, 5.41) is 0. The second kappa shape index (κ2) is 5.19. The lowest BCUT2D eigenvalue weighted by molar-refractivity contribution is 0.284. The van der Waals surface area contributed by atoms with Crippen LogP contribution in [-0.4, -0.2) is 6.04 Å². The number of hydrogen-bond donors (Lipinski definition) is 2. The van der Waals surface area contributed by atoms with Gasteiger partial charge in [-0.05, 0) is 56.6 Å². The molecule has 17 heavy (non-hydrogen) atoms. The standard InChI is InChI=1S/C15H24N2/c1-10-3-8-14(11(2)9-10)15(17)12-4-6-13(16)7-5-12/h3,8-9,12-13,15H,4-7,16-17H2,1-2H3. The lowest BCUT2D eigenvalue weighted by atomic mass is 9.79. The van der Waals surface area contributed by atoms with E-state index in [0.717, 1.165) is 12.8 Å². The van der Waals surface area contributed by atoms with Gasteiger partial charge in [0.05, 0.1) is 0 Å². The van der Waals surface area contributed by atoms with Crippen LogP contribution in [0.4, 0.5) is 0 Å². The van der Waals surface area contributed by atoms with Crippen molar-refractivity contribution in [3.8, 4) is 0 Å². The number of rotatable bonds is 2. The molecule has 1 aromatic carbocycles. The van der Waals surface area contributed by atoms with Gasteiger partial charge in [0, 0.05) is 12.1 Å². The van der Waals surface area contributed by atoms with E-state index >= 15 is 0 Å². The van der Waals surface area contributed by atoms with Crippen LogP contribution < -0.4 is 11.5 Å². The minimum Gasteiger partial charge on any atom is -0.328 e. The van der Waals surface area contributed by atoms with Crippen molar-refractivity contribution in [1.29, 1.82) is 0 Å². The molecule has 0 bridgehead atoms. The summed E-state index contributed by atoms with van der Waals surface area (Å²) in [6, 6.07) is 7.17. The molecule has 1 aliphatic carbocycles. The van der Waals surface area contributed by atoms with Crippen molar-refractivity contribution in [2.45, 2.75) is 51.6 Å². The van der Waals surface area contributed by atoms with E-state index in [1.807, 2.05) is 0 Å². The summed E-state index contributed by atoms with van der Waals surface area (Å²) < 4.78 is 0. The van der Waals surface area contributed by atoms with Crippen molar-refractivity contribution in [3.63, 3.8) is 0 Å². The molecule has 1 aromatic rings. The summed E-state index contributed by atoms with van der Waals surface area (Å²) in [7, 11) is 0. The van der Waals surface area contributed by atoms with E-state index in [1.165, 1.54) is 29.5 Å². The van der Waals surface area contributed by atoms with Crippen LogP contribution in [0.1, 0.15) is 48.4 Å². The lowest BCUT2D eigenvalue weighted by Gasteiger charge is -2.31. The first-order valence-corrected chi connectivity index (χ1v) is 6.66. The Kier molecular flexibility index (Phi) is 3.85. The van der Waals surface area contributed by atoms with Gasteiger partial charge < -0.3 is 11.5 Å². The molecule has 0 spiro atoms. The maximum atomic E-state index is 6.43. The van der Waals surface area contributed by atoms with Crippen molar-refractivity contribution < 1.29 is 0 Å². The second-order valence-electron chi connectivity index (χ2n) is 5.56. The topological polar surface area (TPSA) is 52.0 Å². The van der Waals surface area contributed by atoms with Crippen LogP contribution in [0.15, 0.2) is 18.2 Å². The fourth-order valence-electron chi connectivity index (χ4n) is 2.96. The van der Waals surface area contributed by atoms with Gasteiger partial charge in [-0.1, -0.05) is 23.8 Å². The molecule has 94 valence electrons. The molecular weight excluding hydrogens is 208 g/mol. The predicted molar refractivity (Wildman–Crippen MR) is 72.8 cm³/mol. The van der Waals surface area contributed by atoms with E-state index in [2.05, 4.69) is 32.0 Å². The Morgan fingerprint density at radius 2 is 1.76 bits per heavy atom. The zero-order chi connectivity index (χ0) is 12.4. The van der Waals surface area contributed by atoms with Gasteiger partial charge in [-0.25, -0.2) is 0 Å². The molecule has 1 unspecified atom stereocenters. The highest BCUT2D eigenvalue weighted by Crippen LogP contribution is 2.33. The van der Waals surface area contributed by atoms with E-state index in [1.54, 1.807) is 0 Å².